The minimum Gasteiger partial charge on any atom is -0.496 e. The number of halogens is 1. The van der Waals surface area contributed by atoms with Crippen LogP contribution < -0.4 is 25.0 Å². The predicted octanol–water partition coefficient (Wildman–Crippen LogP) is 5.74. The van der Waals surface area contributed by atoms with Crippen molar-refractivity contribution in [1.82, 2.24) is 15.5 Å². The van der Waals surface area contributed by atoms with E-state index < -0.39 is 59.1 Å². The van der Waals surface area contributed by atoms with E-state index >= 15 is 0 Å². The number of hydrogen-bond donors (Lipinski definition) is 2. The molecule has 52 heavy (non-hydrogen) atoms. The van der Waals surface area contributed by atoms with Gasteiger partial charge in [-0.3, -0.25) is 19.3 Å². The molecule has 0 aromatic heterocycles. The van der Waals surface area contributed by atoms with E-state index in [4.69, 9.17) is 18.9 Å². The number of likely N-dealkylation sites (N-methyl/N-ethyl adjacent to an activating group) is 1. The average molecular weight is 784 g/mol. The molecule has 0 radical (unpaired) electrons. The molecule has 1 aliphatic rings. The highest BCUT2D eigenvalue weighted by molar-refractivity contribution is 9.10. The van der Waals surface area contributed by atoms with Gasteiger partial charge in [0.15, 0.2) is 5.75 Å². The summed E-state index contributed by atoms with van der Waals surface area (Å²) in [5.74, 6) is -1.83. The van der Waals surface area contributed by atoms with Crippen LogP contribution in [-0.4, -0.2) is 84.8 Å². The first kappa shape index (κ1) is 39.9. The number of anilines is 1. The van der Waals surface area contributed by atoms with Crippen LogP contribution in [0, 0.1) is 0 Å². The smallest absolute Gasteiger partial charge is 0.410 e. The molecule has 3 aromatic carbocycles. The van der Waals surface area contributed by atoms with Crippen molar-refractivity contribution < 1.29 is 42.9 Å². The fourth-order valence-electron chi connectivity index (χ4n) is 5.42. The Morgan fingerprint density at radius 1 is 1.00 bits per heavy atom. The molecule has 1 aliphatic heterocycles. The largest absolute Gasteiger partial charge is 0.496 e. The number of rotatable bonds is 9. The first-order chi connectivity index (χ1) is 24.2. The molecule has 2 N–H and O–H groups in total. The summed E-state index contributed by atoms with van der Waals surface area (Å²) in [7, 11) is 2.96. The zero-order valence-corrected chi connectivity index (χ0v) is 32.8. The zero-order chi connectivity index (χ0) is 38.7. The quantitative estimate of drug-likeness (QED) is 0.259. The summed E-state index contributed by atoms with van der Waals surface area (Å²) in [6.07, 6.45) is -0.710. The van der Waals surface area contributed by atoms with Gasteiger partial charge >= 0.3 is 12.1 Å². The normalized spacial score (nSPS) is 15.7. The van der Waals surface area contributed by atoms with Gasteiger partial charge in [-0.25, -0.2) is 9.59 Å². The lowest BCUT2D eigenvalue weighted by Crippen LogP contribution is -2.55. The number of nitrogens with one attached hydrogen (secondary N) is 2. The summed E-state index contributed by atoms with van der Waals surface area (Å²) >= 11 is 3.52. The van der Waals surface area contributed by atoms with Crippen molar-refractivity contribution >= 4 is 62.2 Å². The molecule has 0 spiro atoms. The second kappa shape index (κ2) is 15.8. The number of carbonyl (C=O) groups is 5. The fourth-order valence-corrected chi connectivity index (χ4v) is 5.80. The van der Waals surface area contributed by atoms with Crippen LogP contribution in [0.4, 0.5) is 10.5 Å². The highest BCUT2D eigenvalue weighted by Crippen LogP contribution is 2.39. The molecule has 14 heteroatoms. The monoisotopic (exact) mass is 782 g/mol. The van der Waals surface area contributed by atoms with Crippen LogP contribution in [0.2, 0.25) is 0 Å². The van der Waals surface area contributed by atoms with Crippen LogP contribution in [0.5, 0.6) is 11.5 Å². The number of benzene rings is 3. The van der Waals surface area contributed by atoms with E-state index in [1.54, 1.807) is 59.7 Å². The van der Waals surface area contributed by atoms with Crippen molar-refractivity contribution in [3.8, 4) is 11.5 Å². The van der Waals surface area contributed by atoms with Crippen LogP contribution in [0.25, 0.3) is 10.8 Å². The predicted molar refractivity (Wildman–Crippen MR) is 199 cm³/mol. The molecule has 1 heterocycles. The van der Waals surface area contributed by atoms with Gasteiger partial charge < -0.3 is 34.5 Å². The third-order valence-electron chi connectivity index (χ3n) is 8.14. The topological polar surface area (TPSA) is 153 Å². The molecule has 0 bridgehead atoms. The van der Waals surface area contributed by atoms with Crippen molar-refractivity contribution in [1.29, 1.82) is 0 Å². The summed E-state index contributed by atoms with van der Waals surface area (Å²) in [6, 6.07) is 10.9. The van der Waals surface area contributed by atoms with Gasteiger partial charge in [0.05, 0.1) is 24.9 Å². The standard InChI is InChI=1S/C38H47BrN4O9/c1-21(35(47)51-37(3,4)5)40-33(45)26-12-11-13-29-31(26)50-20-28(41-32(44)22(2)42(9)36(48)52-38(6,7)8)34(46)43(29)19-27-25-16-15-24(39)18-23(25)14-17-30(27)49-10/h11-18,21-22,28H,19-20H2,1-10H3,(H,40,45)(H,41,44). The van der Waals surface area contributed by atoms with Gasteiger partial charge in [0.1, 0.15) is 41.7 Å². The van der Waals surface area contributed by atoms with Gasteiger partial charge in [0.25, 0.3) is 11.8 Å². The van der Waals surface area contributed by atoms with E-state index in [9.17, 15) is 24.0 Å². The van der Waals surface area contributed by atoms with Crippen molar-refractivity contribution in [2.24, 2.45) is 0 Å². The lowest BCUT2D eigenvalue weighted by atomic mass is 10.0. The Morgan fingerprint density at radius 2 is 1.67 bits per heavy atom. The highest BCUT2D eigenvalue weighted by Gasteiger charge is 2.37. The molecule has 0 saturated heterocycles. The third kappa shape index (κ3) is 9.52. The van der Waals surface area contributed by atoms with Gasteiger partial charge in [0.2, 0.25) is 5.91 Å². The van der Waals surface area contributed by atoms with E-state index in [1.807, 2.05) is 24.3 Å². The first-order valence-corrected chi connectivity index (χ1v) is 17.6. The van der Waals surface area contributed by atoms with Crippen molar-refractivity contribution in [2.75, 3.05) is 25.7 Å². The second-order valence-corrected chi connectivity index (χ2v) is 15.5. The van der Waals surface area contributed by atoms with E-state index in [1.165, 1.54) is 39.0 Å². The summed E-state index contributed by atoms with van der Waals surface area (Å²) in [5, 5.41) is 7.12. The third-order valence-corrected chi connectivity index (χ3v) is 8.63. The molecule has 13 nitrogen and oxygen atoms in total. The lowest BCUT2D eigenvalue weighted by Gasteiger charge is -2.30. The van der Waals surface area contributed by atoms with Gasteiger partial charge in [0, 0.05) is 17.1 Å². The Kier molecular flexibility index (Phi) is 12.1. The Bertz CT molecular complexity index is 1870. The SMILES string of the molecule is COc1ccc2cc(Br)ccc2c1CN1C(=O)C(NC(=O)C(C)N(C)C(=O)OC(C)(C)C)COc2c(C(=O)NC(C)C(=O)OC(C)(C)C)cccc21. The van der Waals surface area contributed by atoms with E-state index in [0.717, 1.165) is 20.1 Å². The first-order valence-electron chi connectivity index (χ1n) is 16.8. The van der Waals surface area contributed by atoms with Crippen molar-refractivity contribution in [2.45, 2.75) is 91.3 Å². The van der Waals surface area contributed by atoms with Crippen LogP contribution in [-0.2, 0) is 30.4 Å². The van der Waals surface area contributed by atoms with Crippen molar-refractivity contribution in [3.05, 3.63) is 64.1 Å². The maximum atomic E-state index is 14.5. The molecular formula is C38H47BrN4O9. The number of hydrogen-bond acceptors (Lipinski definition) is 9. The molecule has 0 fully saturated rings. The minimum absolute atomic E-state index is 0.0313. The average Bonchev–Trinajstić information content (AvgIpc) is 3.18. The van der Waals surface area contributed by atoms with E-state index in [2.05, 4.69) is 26.6 Å². The molecule has 4 amide bonds. The Hall–Kier alpha value is -4.85. The number of nitrogens with zero attached hydrogens (tertiary/aromatic N) is 2. The maximum absolute atomic E-state index is 14.5. The Morgan fingerprint density at radius 3 is 2.31 bits per heavy atom. The number of methoxy groups -OCH3 is 1. The summed E-state index contributed by atoms with van der Waals surface area (Å²) in [6.45, 7) is 13.0. The lowest BCUT2D eigenvalue weighted by molar-refractivity contribution is -0.156. The summed E-state index contributed by atoms with van der Waals surface area (Å²) in [5.41, 5.74) is -0.558. The molecule has 4 rings (SSSR count). The highest BCUT2D eigenvalue weighted by atomic mass is 79.9. The summed E-state index contributed by atoms with van der Waals surface area (Å²) < 4.78 is 23.6. The number of amides is 4. The molecule has 0 aliphatic carbocycles. The Labute approximate surface area is 312 Å². The van der Waals surface area contributed by atoms with Crippen LogP contribution in [0.1, 0.15) is 71.3 Å². The number of carbonyl (C=O) groups excluding carboxylic acids is 5. The van der Waals surface area contributed by atoms with Crippen LogP contribution in [0.3, 0.4) is 0 Å². The van der Waals surface area contributed by atoms with Gasteiger partial charge in [-0.05, 0) is 96.5 Å². The molecular weight excluding hydrogens is 736 g/mol. The fraction of sp³-hybridized carbons (Fsp3) is 0.447. The van der Waals surface area contributed by atoms with Crippen molar-refractivity contribution in [3.63, 3.8) is 0 Å². The maximum Gasteiger partial charge on any atom is 0.410 e. The molecule has 3 atom stereocenters. The molecule has 3 unspecified atom stereocenters. The number of para-hydroxylation sites is 1. The van der Waals surface area contributed by atoms with Gasteiger partial charge in [-0.15, -0.1) is 0 Å². The number of ether oxygens (including phenoxy) is 4. The second-order valence-electron chi connectivity index (χ2n) is 14.6. The van der Waals surface area contributed by atoms with Crippen LogP contribution in [0.15, 0.2) is 53.0 Å². The molecule has 0 saturated carbocycles. The molecule has 280 valence electrons. The van der Waals surface area contributed by atoms with Gasteiger partial charge in [-0.1, -0.05) is 34.1 Å². The number of esters is 1. The zero-order valence-electron chi connectivity index (χ0n) is 31.2. The Balaban J connectivity index is 1.75. The van der Waals surface area contributed by atoms with Crippen LogP contribution >= 0.6 is 15.9 Å². The number of fused-ring (bicyclic) bond motifs is 2. The van der Waals surface area contributed by atoms with E-state index in [-0.39, 0.29) is 30.2 Å². The molecule has 3 aromatic rings. The van der Waals surface area contributed by atoms with E-state index in [0.29, 0.717) is 11.3 Å². The minimum atomic E-state index is -1.24. The van der Waals surface area contributed by atoms with Gasteiger partial charge in [-0.2, -0.15) is 0 Å². The summed E-state index contributed by atoms with van der Waals surface area (Å²) in [4.78, 5) is 69.8.